The predicted octanol–water partition coefficient (Wildman–Crippen LogP) is 6.07. The Morgan fingerprint density at radius 2 is 1.73 bits per heavy atom. The zero-order valence-electron chi connectivity index (χ0n) is 18.2. The van der Waals surface area contributed by atoms with Crippen LogP contribution in [0.5, 0.6) is 0 Å². The Balaban J connectivity index is 1.92. The molecule has 1 N–H and O–H groups in total. The lowest BCUT2D eigenvalue weighted by Gasteiger charge is -2.12. The first-order chi connectivity index (χ1) is 14.3. The number of nitriles is 1. The highest BCUT2D eigenvalue weighted by Crippen LogP contribution is 2.25. The molecule has 1 aromatic heterocycles. The predicted molar refractivity (Wildman–Crippen MR) is 123 cm³/mol. The highest BCUT2D eigenvalue weighted by molar-refractivity contribution is 6.10. The van der Waals surface area contributed by atoms with Gasteiger partial charge in [0, 0.05) is 22.8 Å². The van der Waals surface area contributed by atoms with Gasteiger partial charge in [-0.2, -0.15) is 5.26 Å². The van der Waals surface area contributed by atoms with Gasteiger partial charge in [-0.05, 0) is 73.7 Å². The molecule has 2 aromatic carbocycles. The van der Waals surface area contributed by atoms with Gasteiger partial charge >= 0.3 is 0 Å². The lowest BCUT2D eigenvalue weighted by molar-refractivity contribution is -0.112. The number of carbonyl (C=O) groups is 1. The molecule has 0 aliphatic heterocycles. The largest absolute Gasteiger partial charge is 0.321 e. The molecule has 0 bridgehead atoms. The van der Waals surface area contributed by atoms with Gasteiger partial charge in [0.25, 0.3) is 5.91 Å². The van der Waals surface area contributed by atoms with E-state index in [9.17, 15) is 10.1 Å². The van der Waals surface area contributed by atoms with E-state index in [4.69, 9.17) is 0 Å². The third-order valence-corrected chi connectivity index (χ3v) is 5.35. The fourth-order valence-corrected chi connectivity index (χ4v) is 3.55. The Hall–Kier alpha value is -3.58. The van der Waals surface area contributed by atoms with Gasteiger partial charge in [0.05, 0.1) is 0 Å². The van der Waals surface area contributed by atoms with Gasteiger partial charge < -0.3 is 9.88 Å². The van der Waals surface area contributed by atoms with E-state index in [-0.39, 0.29) is 5.57 Å². The molecule has 1 amide bonds. The third-order valence-electron chi connectivity index (χ3n) is 5.35. The van der Waals surface area contributed by atoms with Crippen LogP contribution < -0.4 is 5.32 Å². The highest BCUT2D eigenvalue weighted by Gasteiger charge is 2.14. The van der Waals surface area contributed by atoms with Crippen molar-refractivity contribution >= 4 is 17.7 Å². The number of hydrogen-bond acceptors (Lipinski definition) is 2. The fourth-order valence-electron chi connectivity index (χ4n) is 3.55. The number of aryl methyl sites for hydroxylation is 2. The maximum atomic E-state index is 12.7. The summed E-state index contributed by atoms with van der Waals surface area (Å²) in [5.41, 5.74) is 6.99. The van der Waals surface area contributed by atoms with Crippen LogP contribution in [-0.2, 0) is 4.79 Å². The highest BCUT2D eigenvalue weighted by atomic mass is 16.1. The maximum Gasteiger partial charge on any atom is 0.266 e. The molecule has 3 rings (SSSR count). The topological polar surface area (TPSA) is 57.8 Å². The van der Waals surface area contributed by atoms with E-state index in [0.717, 1.165) is 28.2 Å². The maximum absolute atomic E-state index is 12.7. The number of nitrogens with zero attached hydrogens (tertiary/aromatic N) is 2. The molecular formula is C26H27N3O. The van der Waals surface area contributed by atoms with Gasteiger partial charge in [0.2, 0.25) is 0 Å². The van der Waals surface area contributed by atoms with Crippen molar-refractivity contribution < 1.29 is 4.79 Å². The van der Waals surface area contributed by atoms with E-state index in [1.54, 1.807) is 6.08 Å². The van der Waals surface area contributed by atoms with Crippen molar-refractivity contribution in [3.63, 3.8) is 0 Å². The Morgan fingerprint density at radius 1 is 1.07 bits per heavy atom. The van der Waals surface area contributed by atoms with E-state index >= 15 is 0 Å². The van der Waals surface area contributed by atoms with Crippen LogP contribution in [0.1, 0.15) is 47.8 Å². The molecule has 1 heterocycles. The zero-order valence-corrected chi connectivity index (χ0v) is 18.2. The summed E-state index contributed by atoms with van der Waals surface area (Å²) in [5, 5.41) is 12.4. The summed E-state index contributed by atoms with van der Waals surface area (Å²) in [6.45, 7) is 10.3. The van der Waals surface area contributed by atoms with Crippen molar-refractivity contribution in [3.8, 4) is 11.8 Å². The number of carbonyl (C=O) groups excluding carboxylic acids is 1. The molecule has 0 aliphatic carbocycles. The van der Waals surface area contributed by atoms with Crippen LogP contribution in [0.25, 0.3) is 11.8 Å². The number of hydrogen-bond donors (Lipinski definition) is 1. The van der Waals surface area contributed by atoms with Gasteiger partial charge in [-0.3, -0.25) is 4.79 Å². The lowest BCUT2D eigenvalue weighted by Crippen LogP contribution is -2.14. The average molecular weight is 398 g/mol. The Labute approximate surface area is 178 Å². The van der Waals surface area contributed by atoms with E-state index in [0.29, 0.717) is 11.6 Å². The Morgan fingerprint density at radius 3 is 2.33 bits per heavy atom. The third kappa shape index (κ3) is 4.36. The molecular weight excluding hydrogens is 370 g/mol. The van der Waals surface area contributed by atoms with E-state index in [1.807, 2.05) is 57.2 Å². The minimum Gasteiger partial charge on any atom is -0.321 e. The van der Waals surface area contributed by atoms with Crippen molar-refractivity contribution in [2.24, 2.45) is 0 Å². The first kappa shape index (κ1) is 21.1. The normalized spacial score (nSPS) is 11.4. The standard InChI is InChI=1S/C26H27N3O/c1-17(2)21-10-12-24(13-11-21)29-19(4)14-22(20(29)5)15-23(16-27)26(30)28-25-9-7-6-8-18(25)3/h6-15,17H,1-5H3,(H,28,30)/b23-15-. The van der Waals surface area contributed by atoms with Crippen molar-refractivity contribution in [3.05, 3.63) is 88.2 Å². The van der Waals surface area contributed by atoms with Crippen molar-refractivity contribution in [1.29, 1.82) is 5.26 Å². The molecule has 3 aromatic rings. The monoisotopic (exact) mass is 397 g/mol. The minimum absolute atomic E-state index is 0.0775. The molecule has 4 nitrogen and oxygen atoms in total. The van der Waals surface area contributed by atoms with Crippen LogP contribution in [0.15, 0.2) is 60.2 Å². The molecule has 4 heteroatoms. The van der Waals surface area contributed by atoms with E-state index in [1.165, 1.54) is 5.56 Å². The second-order valence-electron chi connectivity index (χ2n) is 7.85. The molecule has 0 unspecified atom stereocenters. The number of benzene rings is 2. The molecule has 0 radical (unpaired) electrons. The van der Waals surface area contributed by atoms with Crippen LogP contribution in [0.2, 0.25) is 0 Å². The van der Waals surface area contributed by atoms with Crippen LogP contribution in [0, 0.1) is 32.1 Å². The molecule has 0 saturated heterocycles. The zero-order chi connectivity index (χ0) is 21.8. The second kappa shape index (κ2) is 8.84. The molecule has 0 fully saturated rings. The SMILES string of the molecule is Cc1ccccc1NC(=O)/C(C#N)=C\c1cc(C)n(-c2ccc(C(C)C)cc2)c1C. The van der Waals surface area contributed by atoms with Gasteiger partial charge in [0.1, 0.15) is 11.6 Å². The fraction of sp³-hybridized carbons (Fsp3) is 0.231. The van der Waals surface area contributed by atoms with Crippen molar-refractivity contribution in [2.45, 2.75) is 40.5 Å². The summed E-state index contributed by atoms with van der Waals surface area (Å²) in [6, 6.07) is 20.1. The summed E-state index contributed by atoms with van der Waals surface area (Å²) >= 11 is 0. The first-order valence-corrected chi connectivity index (χ1v) is 10.1. The van der Waals surface area contributed by atoms with Crippen molar-refractivity contribution in [2.75, 3.05) is 5.32 Å². The number of aromatic nitrogens is 1. The molecule has 0 spiro atoms. The smallest absolute Gasteiger partial charge is 0.266 e. The van der Waals surface area contributed by atoms with Gasteiger partial charge in [-0.1, -0.05) is 44.2 Å². The van der Waals surface area contributed by atoms with Gasteiger partial charge in [-0.15, -0.1) is 0 Å². The lowest BCUT2D eigenvalue weighted by atomic mass is 10.0. The quantitative estimate of drug-likeness (QED) is 0.419. The molecule has 0 aliphatic rings. The molecule has 30 heavy (non-hydrogen) atoms. The Kier molecular flexibility index (Phi) is 6.23. The van der Waals surface area contributed by atoms with Crippen LogP contribution >= 0.6 is 0 Å². The number of anilines is 1. The minimum atomic E-state index is -0.405. The molecule has 152 valence electrons. The molecule has 0 atom stereocenters. The Bertz CT molecular complexity index is 1140. The summed E-state index contributed by atoms with van der Waals surface area (Å²) < 4.78 is 2.14. The van der Waals surface area contributed by atoms with Gasteiger partial charge in [-0.25, -0.2) is 0 Å². The summed E-state index contributed by atoms with van der Waals surface area (Å²) in [5.74, 6) is 0.0761. The second-order valence-corrected chi connectivity index (χ2v) is 7.85. The average Bonchev–Trinajstić information content (AvgIpc) is 3.00. The van der Waals surface area contributed by atoms with Crippen LogP contribution in [0.4, 0.5) is 5.69 Å². The van der Waals surface area contributed by atoms with Crippen molar-refractivity contribution in [1.82, 2.24) is 4.57 Å². The summed E-state index contributed by atoms with van der Waals surface area (Å²) in [7, 11) is 0. The molecule has 0 saturated carbocycles. The first-order valence-electron chi connectivity index (χ1n) is 10.1. The number of para-hydroxylation sites is 1. The van der Waals surface area contributed by atoms with Crippen LogP contribution in [0.3, 0.4) is 0 Å². The van der Waals surface area contributed by atoms with Gasteiger partial charge in [0.15, 0.2) is 0 Å². The van der Waals surface area contributed by atoms with E-state index < -0.39 is 5.91 Å². The summed E-state index contributed by atoms with van der Waals surface area (Å²) in [4.78, 5) is 12.7. The number of nitrogens with one attached hydrogen (secondary N) is 1. The van der Waals surface area contributed by atoms with Crippen LogP contribution in [-0.4, -0.2) is 10.5 Å². The van der Waals surface area contributed by atoms with E-state index in [2.05, 4.69) is 48.0 Å². The summed E-state index contributed by atoms with van der Waals surface area (Å²) in [6.07, 6.45) is 1.66. The number of amides is 1. The number of rotatable bonds is 5.